The van der Waals surface area contributed by atoms with Crippen LogP contribution in [-0.2, 0) is 17.8 Å². The number of rotatable bonds is 4. The zero-order valence-corrected chi connectivity index (χ0v) is 14.0. The molecule has 0 radical (unpaired) electrons. The number of carbonyl (C=O) groups excluding carboxylic acids is 1. The highest BCUT2D eigenvalue weighted by Crippen LogP contribution is 2.22. The van der Waals surface area contributed by atoms with E-state index in [1.165, 1.54) is 0 Å². The second-order valence-corrected chi connectivity index (χ2v) is 6.69. The van der Waals surface area contributed by atoms with Crippen LogP contribution in [0.15, 0.2) is 61.1 Å². The summed E-state index contributed by atoms with van der Waals surface area (Å²) in [4.78, 5) is 18.5. The van der Waals surface area contributed by atoms with Crippen LogP contribution < -0.4 is 0 Å². The standard InChI is InChI=1S/C20H21N3O2/c24-19-13-23(12-17(19)11-15-5-8-21-9-6-15)20(25)14-22-10-7-16-3-1-2-4-18(16)22/h1-10,17,19,24H,11-14H2/t17-,19-/m1/s1. The number of aliphatic hydroxyl groups excluding tert-OH is 1. The molecule has 1 aliphatic rings. The Kier molecular flexibility index (Phi) is 4.24. The van der Waals surface area contributed by atoms with Crippen molar-refractivity contribution in [1.29, 1.82) is 0 Å². The van der Waals surface area contributed by atoms with Gasteiger partial charge in [-0.3, -0.25) is 9.78 Å². The lowest BCUT2D eigenvalue weighted by atomic mass is 9.97. The first-order valence-corrected chi connectivity index (χ1v) is 8.59. The van der Waals surface area contributed by atoms with Crippen molar-refractivity contribution >= 4 is 16.8 Å². The van der Waals surface area contributed by atoms with Crippen molar-refractivity contribution in [2.75, 3.05) is 13.1 Å². The molecule has 0 unspecified atom stereocenters. The van der Waals surface area contributed by atoms with Gasteiger partial charge in [0, 0.05) is 43.1 Å². The Morgan fingerprint density at radius 3 is 2.76 bits per heavy atom. The van der Waals surface area contributed by atoms with E-state index in [0.29, 0.717) is 19.6 Å². The molecule has 3 aromatic rings. The zero-order chi connectivity index (χ0) is 17.2. The minimum Gasteiger partial charge on any atom is -0.391 e. The van der Waals surface area contributed by atoms with E-state index in [1.807, 2.05) is 53.2 Å². The quantitative estimate of drug-likeness (QED) is 0.794. The molecule has 1 N–H and O–H groups in total. The largest absolute Gasteiger partial charge is 0.391 e. The maximum absolute atomic E-state index is 12.7. The number of nitrogens with zero attached hydrogens (tertiary/aromatic N) is 3. The van der Waals surface area contributed by atoms with E-state index in [0.717, 1.165) is 22.9 Å². The Morgan fingerprint density at radius 1 is 1.12 bits per heavy atom. The van der Waals surface area contributed by atoms with Crippen molar-refractivity contribution in [3.63, 3.8) is 0 Å². The number of carbonyl (C=O) groups is 1. The number of pyridine rings is 1. The van der Waals surface area contributed by atoms with Gasteiger partial charge in [0.1, 0.15) is 6.54 Å². The normalized spacial score (nSPS) is 20.3. The SMILES string of the molecule is O=C(Cn1ccc2ccccc21)N1C[C@@H](Cc2ccncc2)[C@H](O)C1. The fourth-order valence-corrected chi connectivity index (χ4v) is 3.60. The molecule has 5 nitrogen and oxygen atoms in total. The summed E-state index contributed by atoms with van der Waals surface area (Å²) >= 11 is 0. The van der Waals surface area contributed by atoms with Crippen LogP contribution in [-0.4, -0.2) is 44.7 Å². The average molecular weight is 335 g/mol. The van der Waals surface area contributed by atoms with Gasteiger partial charge in [-0.1, -0.05) is 18.2 Å². The van der Waals surface area contributed by atoms with Crippen LogP contribution >= 0.6 is 0 Å². The summed E-state index contributed by atoms with van der Waals surface area (Å²) < 4.78 is 1.97. The maximum atomic E-state index is 12.7. The Bertz CT molecular complexity index is 875. The van der Waals surface area contributed by atoms with Gasteiger partial charge in [-0.25, -0.2) is 0 Å². The molecule has 1 amide bonds. The van der Waals surface area contributed by atoms with Crippen LogP contribution in [0.3, 0.4) is 0 Å². The summed E-state index contributed by atoms with van der Waals surface area (Å²) in [5, 5.41) is 11.5. The summed E-state index contributed by atoms with van der Waals surface area (Å²) in [6, 6.07) is 14.0. The van der Waals surface area contributed by atoms with Crippen LogP contribution in [0.1, 0.15) is 5.56 Å². The fourth-order valence-electron chi connectivity index (χ4n) is 3.60. The number of aliphatic hydroxyl groups is 1. The third-order valence-corrected chi connectivity index (χ3v) is 4.99. The van der Waals surface area contributed by atoms with Gasteiger partial charge in [0.25, 0.3) is 0 Å². The summed E-state index contributed by atoms with van der Waals surface area (Å²) in [5.74, 6) is 0.130. The average Bonchev–Trinajstić information content (AvgIpc) is 3.20. The third kappa shape index (κ3) is 3.28. The lowest BCUT2D eigenvalue weighted by Crippen LogP contribution is -2.32. The number of β-amino-alcohol motifs (C(OH)–C–C–N with tert-alkyl or cyclic N) is 1. The molecule has 4 rings (SSSR count). The molecule has 2 atom stereocenters. The molecule has 0 aliphatic carbocycles. The van der Waals surface area contributed by atoms with Crippen molar-refractivity contribution in [3.05, 3.63) is 66.6 Å². The van der Waals surface area contributed by atoms with E-state index in [9.17, 15) is 9.90 Å². The van der Waals surface area contributed by atoms with Gasteiger partial charge in [-0.2, -0.15) is 0 Å². The van der Waals surface area contributed by atoms with Gasteiger partial charge in [0.2, 0.25) is 5.91 Å². The first-order chi connectivity index (χ1) is 12.2. The summed E-state index contributed by atoms with van der Waals surface area (Å²) in [6.45, 7) is 1.32. The predicted molar refractivity (Wildman–Crippen MR) is 96.0 cm³/mol. The first kappa shape index (κ1) is 15.8. The Hall–Kier alpha value is -2.66. The molecule has 2 aromatic heterocycles. The molecule has 0 bridgehead atoms. The molecular formula is C20H21N3O2. The van der Waals surface area contributed by atoms with E-state index in [4.69, 9.17) is 0 Å². The van der Waals surface area contributed by atoms with Crippen molar-refractivity contribution in [2.24, 2.45) is 5.92 Å². The molecule has 25 heavy (non-hydrogen) atoms. The summed E-state index contributed by atoms with van der Waals surface area (Å²) in [6.07, 6.45) is 5.76. The van der Waals surface area contributed by atoms with Gasteiger partial charge in [0.05, 0.1) is 6.10 Å². The number of hydrogen-bond donors (Lipinski definition) is 1. The number of benzene rings is 1. The molecule has 128 valence electrons. The van der Waals surface area contributed by atoms with Gasteiger partial charge >= 0.3 is 0 Å². The highest BCUT2D eigenvalue weighted by molar-refractivity contribution is 5.83. The highest BCUT2D eigenvalue weighted by Gasteiger charge is 2.33. The molecule has 1 aromatic carbocycles. The Balaban J connectivity index is 1.43. The van der Waals surface area contributed by atoms with Crippen molar-refractivity contribution in [1.82, 2.24) is 14.5 Å². The van der Waals surface area contributed by atoms with E-state index >= 15 is 0 Å². The van der Waals surface area contributed by atoms with Crippen LogP contribution in [0.25, 0.3) is 10.9 Å². The van der Waals surface area contributed by atoms with E-state index in [2.05, 4.69) is 4.98 Å². The first-order valence-electron chi connectivity index (χ1n) is 8.59. The topological polar surface area (TPSA) is 58.4 Å². The Morgan fingerprint density at radius 2 is 1.92 bits per heavy atom. The van der Waals surface area contributed by atoms with Crippen LogP contribution in [0.2, 0.25) is 0 Å². The number of aromatic nitrogens is 2. The second-order valence-electron chi connectivity index (χ2n) is 6.69. The Labute approximate surface area is 146 Å². The molecule has 5 heteroatoms. The minimum absolute atomic E-state index is 0.0534. The summed E-state index contributed by atoms with van der Waals surface area (Å²) in [7, 11) is 0. The lowest BCUT2D eigenvalue weighted by molar-refractivity contribution is -0.131. The van der Waals surface area contributed by atoms with E-state index in [-0.39, 0.29) is 11.8 Å². The van der Waals surface area contributed by atoms with Crippen LogP contribution in [0.4, 0.5) is 0 Å². The van der Waals surface area contributed by atoms with Gasteiger partial charge in [-0.05, 0) is 41.6 Å². The number of hydrogen-bond acceptors (Lipinski definition) is 3. The van der Waals surface area contributed by atoms with Crippen molar-refractivity contribution in [3.8, 4) is 0 Å². The van der Waals surface area contributed by atoms with Gasteiger partial charge in [0.15, 0.2) is 0 Å². The predicted octanol–water partition coefficient (Wildman–Crippen LogP) is 2.10. The minimum atomic E-state index is -0.474. The van der Waals surface area contributed by atoms with Gasteiger partial charge < -0.3 is 14.6 Å². The third-order valence-electron chi connectivity index (χ3n) is 4.99. The van der Waals surface area contributed by atoms with Crippen LogP contribution in [0.5, 0.6) is 0 Å². The second kappa shape index (κ2) is 6.69. The summed E-state index contributed by atoms with van der Waals surface area (Å²) in [5.41, 5.74) is 2.20. The van der Waals surface area contributed by atoms with Crippen LogP contribution in [0, 0.1) is 5.92 Å². The molecular weight excluding hydrogens is 314 g/mol. The smallest absolute Gasteiger partial charge is 0.242 e. The number of para-hydroxylation sites is 1. The molecule has 3 heterocycles. The molecule has 1 aliphatic heterocycles. The highest BCUT2D eigenvalue weighted by atomic mass is 16.3. The molecule has 1 fully saturated rings. The zero-order valence-electron chi connectivity index (χ0n) is 14.0. The van der Waals surface area contributed by atoms with E-state index in [1.54, 1.807) is 17.3 Å². The van der Waals surface area contributed by atoms with Crippen molar-refractivity contribution in [2.45, 2.75) is 19.1 Å². The van der Waals surface area contributed by atoms with E-state index < -0.39 is 6.10 Å². The van der Waals surface area contributed by atoms with Gasteiger partial charge in [-0.15, -0.1) is 0 Å². The fraction of sp³-hybridized carbons (Fsp3) is 0.300. The molecule has 1 saturated heterocycles. The van der Waals surface area contributed by atoms with Crippen molar-refractivity contribution < 1.29 is 9.90 Å². The lowest BCUT2D eigenvalue weighted by Gasteiger charge is -2.17. The number of amides is 1. The maximum Gasteiger partial charge on any atom is 0.242 e. The number of likely N-dealkylation sites (tertiary alicyclic amines) is 1. The molecule has 0 spiro atoms. The number of fused-ring (bicyclic) bond motifs is 1. The molecule has 0 saturated carbocycles. The monoisotopic (exact) mass is 335 g/mol.